The molecule has 0 saturated carbocycles. The molecule has 0 radical (unpaired) electrons. The number of carboxylic acid groups (broad SMARTS) is 1. The van der Waals surface area contributed by atoms with Gasteiger partial charge >= 0.3 is 5.97 Å². The van der Waals surface area contributed by atoms with Gasteiger partial charge in [0.2, 0.25) is 0 Å². The molecule has 6 heteroatoms. The summed E-state index contributed by atoms with van der Waals surface area (Å²) < 4.78 is 1.70. The van der Waals surface area contributed by atoms with E-state index in [0.29, 0.717) is 11.0 Å². The van der Waals surface area contributed by atoms with Crippen LogP contribution in [-0.4, -0.2) is 26.1 Å². The van der Waals surface area contributed by atoms with Gasteiger partial charge in [0.05, 0.1) is 11.6 Å². The van der Waals surface area contributed by atoms with Gasteiger partial charge in [-0.25, -0.2) is 9.48 Å². The minimum absolute atomic E-state index is 0.0551. The van der Waals surface area contributed by atoms with Crippen LogP contribution in [-0.2, 0) is 0 Å². The van der Waals surface area contributed by atoms with Crippen LogP contribution >= 0.6 is 11.3 Å². The predicted octanol–water partition coefficient (Wildman–Crippen LogP) is 3.42. The standard InChI is InChI=1S/C15H15N3O2S/c1-8-7-12(10(3)21-8)9(2)18-14-11(15(19)20)5-4-6-13(14)16-17-18/h4-7,9H,1-3H3,(H,19,20). The fraction of sp³-hybridized carbons (Fsp3) is 0.267. The fourth-order valence-corrected chi connectivity index (χ4v) is 3.65. The Kier molecular flexibility index (Phi) is 3.25. The third-order valence-electron chi connectivity index (χ3n) is 3.62. The SMILES string of the molecule is Cc1cc(C(C)n2nnc3cccc(C(=O)O)c32)c(C)s1. The Morgan fingerprint density at radius 1 is 1.38 bits per heavy atom. The minimum Gasteiger partial charge on any atom is -0.478 e. The van der Waals surface area contributed by atoms with Crippen molar-refractivity contribution in [1.29, 1.82) is 0 Å². The topological polar surface area (TPSA) is 68.0 Å². The predicted molar refractivity (Wildman–Crippen MR) is 82.1 cm³/mol. The lowest BCUT2D eigenvalue weighted by Crippen LogP contribution is -2.11. The highest BCUT2D eigenvalue weighted by Crippen LogP contribution is 2.30. The van der Waals surface area contributed by atoms with Crippen LogP contribution in [0.3, 0.4) is 0 Å². The van der Waals surface area contributed by atoms with E-state index >= 15 is 0 Å². The van der Waals surface area contributed by atoms with Crippen molar-refractivity contribution in [3.8, 4) is 0 Å². The lowest BCUT2D eigenvalue weighted by molar-refractivity contribution is 0.0698. The van der Waals surface area contributed by atoms with Crippen LogP contribution in [0.2, 0.25) is 0 Å². The molecule has 0 aliphatic carbocycles. The molecule has 108 valence electrons. The molecule has 3 aromatic rings. The first-order chi connectivity index (χ1) is 9.99. The number of benzene rings is 1. The molecule has 0 amide bonds. The van der Waals surface area contributed by atoms with Crippen molar-refractivity contribution in [2.75, 3.05) is 0 Å². The smallest absolute Gasteiger partial charge is 0.337 e. The number of fused-ring (bicyclic) bond motifs is 1. The van der Waals surface area contributed by atoms with E-state index in [1.54, 1.807) is 34.2 Å². The van der Waals surface area contributed by atoms with Crippen LogP contribution in [0.5, 0.6) is 0 Å². The van der Waals surface area contributed by atoms with Gasteiger partial charge in [0.15, 0.2) is 0 Å². The highest BCUT2D eigenvalue weighted by atomic mass is 32.1. The normalized spacial score (nSPS) is 12.7. The molecule has 21 heavy (non-hydrogen) atoms. The second kappa shape index (κ2) is 4.96. The summed E-state index contributed by atoms with van der Waals surface area (Å²) in [7, 11) is 0. The first-order valence-electron chi connectivity index (χ1n) is 6.63. The average molecular weight is 301 g/mol. The number of carboxylic acids is 1. The summed E-state index contributed by atoms with van der Waals surface area (Å²) >= 11 is 1.73. The highest BCUT2D eigenvalue weighted by Gasteiger charge is 2.20. The fourth-order valence-electron chi connectivity index (χ4n) is 2.63. The Balaban J connectivity index is 2.21. The maximum absolute atomic E-state index is 11.4. The molecule has 1 N–H and O–H groups in total. The van der Waals surface area contributed by atoms with Crippen LogP contribution in [0.4, 0.5) is 0 Å². The number of rotatable bonds is 3. The van der Waals surface area contributed by atoms with E-state index in [9.17, 15) is 9.90 Å². The molecule has 0 bridgehead atoms. The largest absolute Gasteiger partial charge is 0.478 e. The van der Waals surface area contributed by atoms with E-state index < -0.39 is 5.97 Å². The van der Waals surface area contributed by atoms with Crippen LogP contribution < -0.4 is 0 Å². The zero-order chi connectivity index (χ0) is 15.1. The van der Waals surface area contributed by atoms with Gasteiger partial charge in [0.25, 0.3) is 0 Å². The van der Waals surface area contributed by atoms with Crippen LogP contribution in [0.1, 0.15) is 38.6 Å². The summed E-state index contributed by atoms with van der Waals surface area (Å²) in [6, 6.07) is 7.13. The summed E-state index contributed by atoms with van der Waals surface area (Å²) in [5.41, 5.74) is 2.56. The second-order valence-electron chi connectivity index (χ2n) is 5.06. The molecule has 3 rings (SSSR count). The first-order valence-corrected chi connectivity index (χ1v) is 7.45. The highest BCUT2D eigenvalue weighted by molar-refractivity contribution is 7.12. The number of para-hydroxylation sites is 1. The zero-order valence-corrected chi connectivity index (χ0v) is 12.8. The number of carbonyl (C=O) groups is 1. The van der Waals surface area contributed by atoms with Gasteiger partial charge in [-0.15, -0.1) is 16.4 Å². The molecule has 0 aliphatic heterocycles. The van der Waals surface area contributed by atoms with E-state index in [0.717, 1.165) is 5.56 Å². The maximum atomic E-state index is 11.4. The molecule has 0 fully saturated rings. The van der Waals surface area contributed by atoms with Crippen molar-refractivity contribution < 1.29 is 9.90 Å². The Labute approximate surface area is 125 Å². The van der Waals surface area contributed by atoms with Gasteiger partial charge < -0.3 is 5.11 Å². The molecular weight excluding hydrogens is 286 g/mol. The van der Waals surface area contributed by atoms with E-state index in [1.165, 1.54) is 9.75 Å². The van der Waals surface area contributed by atoms with Crippen molar-refractivity contribution in [2.45, 2.75) is 26.8 Å². The Bertz CT molecular complexity index is 835. The van der Waals surface area contributed by atoms with Crippen LogP contribution in [0.15, 0.2) is 24.3 Å². The summed E-state index contributed by atoms with van der Waals surface area (Å²) in [5.74, 6) is -0.963. The van der Waals surface area contributed by atoms with Gasteiger partial charge in [-0.1, -0.05) is 11.3 Å². The van der Waals surface area contributed by atoms with Gasteiger partial charge in [0, 0.05) is 9.75 Å². The number of aromatic nitrogens is 3. The van der Waals surface area contributed by atoms with E-state index in [2.05, 4.69) is 30.2 Å². The Morgan fingerprint density at radius 3 is 2.76 bits per heavy atom. The molecule has 1 atom stereocenters. The molecule has 1 aromatic carbocycles. The van der Waals surface area contributed by atoms with Gasteiger partial charge in [0.1, 0.15) is 11.0 Å². The van der Waals surface area contributed by atoms with Crippen molar-refractivity contribution in [2.24, 2.45) is 0 Å². The number of aromatic carboxylic acids is 1. The van der Waals surface area contributed by atoms with E-state index in [-0.39, 0.29) is 11.6 Å². The Hall–Kier alpha value is -2.21. The lowest BCUT2D eigenvalue weighted by Gasteiger charge is -2.13. The number of nitrogens with zero attached hydrogens (tertiary/aromatic N) is 3. The number of thiophene rings is 1. The summed E-state index contributed by atoms with van der Waals surface area (Å²) in [6.07, 6.45) is 0. The molecule has 5 nitrogen and oxygen atoms in total. The van der Waals surface area contributed by atoms with Crippen LogP contribution in [0.25, 0.3) is 11.0 Å². The second-order valence-corrected chi connectivity index (χ2v) is 6.52. The van der Waals surface area contributed by atoms with Crippen molar-refractivity contribution in [3.05, 3.63) is 45.1 Å². The monoisotopic (exact) mass is 301 g/mol. The van der Waals surface area contributed by atoms with Crippen molar-refractivity contribution >= 4 is 28.3 Å². The average Bonchev–Trinajstić information content (AvgIpc) is 3.00. The molecule has 0 saturated heterocycles. The van der Waals surface area contributed by atoms with Crippen molar-refractivity contribution in [1.82, 2.24) is 15.0 Å². The summed E-state index contributed by atoms with van der Waals surface area (Å²) in [4.78, 5) is 13.9. The third kappa shape index (κ3) is 2.21. The lowest BCUT2D eigenvalue weighted by atomic mass is 10.1. The van der Waals surface area contributed by atoms with Gasteiger partial charge in [-0.05, 0) is 44.5 Å². The van der Waals surface area contributed by atoms with Gasteiger partial charge in [-0.2, -0.15) is 0 Å². The first kappa shape index (κ1) is 13.8. The van der Waals surface area contributed by atoms with Crippen LogP contribution in [0, 0.1) is 13.8 Å². The third-order valence-corrected chi connectivity index (χ3v) is 4.60. The quantitative estimate of drug-likeness (QED) is 0.805. The maximum Gasteiger partial charge on any atom is 0.337 e. The minimum atomic E-state index is -0.963. The number of aryl methyl sites for hydroxylation is 2. The van der Waals surface area contributed by atoms with Gasteiger partial charge in [-0.3, -0.25) is 0 Å². The molecule has 2 heterocycles. The zero-order valence-electron chi connectivity index (χ0n) is 12.0. The molecular formula is C15H15N3O2S. The molecule has 2 aromatic heterocycles. The number of hydrogen-bond donors (Lipinski definition) is 1. The van der Waals surface area contributed by atoms with E-state index in [4.69, 9.17) is 0 Å². The molecule has 1 unspecified atom stereocenters. The van der Waals surface area contributed by atoms with Crippen molar-refractivity contribution in [3.63, 3.8) is 0 Å². The van der Waals surface area contributed by atoms with E-state index in [1.807, 2.05) is 6.92 Å². The Morgan fingerprint density at radius 2 is 2.14 bits per heavy atom. The molecule has 0 spiro atoms. The summed E-state index contributed by atoms with van der Waals surface area (Å²) in [5, 5.41) is 17.6. The summed E-state index contributed by atoms with van der Waals surface area (Å²) in [6.45, 7) is 6.15. The molecule has 0 aliphatic rings. The number of hydrogen-bond acceptors (Lipinski definition) is 4.